The molecule has 1 aromatic rings. The second kappa shape index (κ2) is 10.9. The Balaban J connectivity index is 2.27. The number of fused-ring (bicyclic) bond motifs is 1. The van der Waals surface area contributed by atoms with E-state index < -0.39 is 58.8 Å². The van der Waals surface area contributed by atoms with Crippen molar-refractivity contribution in [3.8, 4) is 0 Å². The molecule has 0 aliphatic carbocycles. The SMILES string of the molecule is CC(=O)OC[C@H]1O[C@@H](c2cn(C)c(=O)n(C)c2=O)[C@@H]2O[Si](C(C)C)(C(C)C)O[Si](C(C)C)(C(C)C)O[C@@H]21. The monoisotopic (exact) mass is 556 g/mol. The minimum atomic E-state index is -2.97. The number of esters is 1. The lowest BCUT2D eigenvalue weighted by Gasteiger charge is -2.46. The highest BCUT2D eigenvalue weighted by Crippen LogP contribution is 2.51. The fourth-order valence-corrected chi connectivity index (χ4v) is 17.0. The van der Waals surface area contributed by atoms with Gasteiger partial charge in [0.25, 0.3) is 5.56 Å². The van der Waals surface area contributed by atoms with E-state index in [0.717, 1.165) is 4.57 Å². The summed E-state index contributed by atoms with van der Waals surface area (Å²) in [6, 6.07) is 0. The molecule has 0 N–H and O–H groups in total. The molecule has 2 aliphatic heterocycles. The summed E-state index contributed by atoms with van der Waals surface area (Å²) in [5, 5.41) is 0. The van der Waals surface area contributed by atoms with E-state index in [1.165, 1.54) is 24.7 Å². The fourth-order valence-electron chi connectivity index (χ4n) is 5.69. The van der Waals surface area contributed by atoms with Crippen LogP contribution >= 0.6 is 0 Å². The van der Waals surface area contributed by atoms with Crippen LogP contribution in [0.4, 0.5) is 0 Å². The number of hydrogen-bond donors (Lipinski definition) is 0. The molecule has 3 rings (SSSR count). The van der Waals surface area contributed by atoms with Gasteiger partial charge in [-0.25, -0.2) is 4.79 Å². The van der Waals surface area contributed by atoms with E-state index in [-0.39, 0.29) is 28.8 Å². The number of hydrogen-bond acceptors (Lipinski definition) is 8. The molecule has 0 spiro atoms. The molecule has 0 radical (unpaired) electrons. The molecular weight excluding hydrogens is 512 g/mol. The molecule has 3 heterocycles. The van der Waals surface area contributed by atoms with Crippen molar-refractivity contribution in [3.05, 3.63) is 32.6 Å². The van der Waals surface area contributed by atoms with Gasteiger partial charge in [-0.05, 0) is 22.2 Å². The Morgan fingerprint density at radius 2 is 1.41 bits per heavy atom. The molecule has 0 amide bonds. The Hall–Kier alpha value is -1.58. The van der Waals surface area contributed by atoms with Crippen LogP contribution in [-0.2, 0) is 41.3 Å². The lowest BCUT2D eigenvalue weighted by molar-refractivity contribution is -0.146. The lowest BCUT2D eigenvalue weighted by atomic mass is 10.0. The van der Waals surface area contributed by atoms with Crippen molar-refractivity contribution in [2.75, 3.05) is 6.61 Å². The van der Waals surface area contributed by atoms with E-state index >= 15 is 0 Å². The quantitative estimate of drug-likeness (QED) is 0.372. The Morgan fingerprint density at radius 1 is 0.919 bits per heavy atom. The number of aryl methyl sites for hydroxylation is 1. The maximum absolute atomic E-state index is 13.3. The third-order valence-electron chi connectivity index (χ3n) is 7.72. The van der Waals surface area contributed by atoms with Gasteiger partial charge in [0, 0.05) is 27.2 Å². The van der Waals surface area contributed by atoms with Crippen molar-refractivity contribution in [2.24, 2.45) is 14.1 Å². The van der Waals surface area contributed by atoms with Gasteiger partial charge in [0.05, 0.1) is 5.56 Å². The number of aromatic nitrogens is 2. The van der Waals surface area contributed by atoms with E-state index in [4.69, 9.17) is 22.4 Å². The number of rotatable bonds is 7. The minimum absolute atomic E-state index is 0.0407. The average Bonchev–Trinajstić information content (AvgIpc) is 3.01. The predicted molar refractivity (Wildman–Crippen MR) is 144 cm³/mol. The maximum atomic E-state index is 13.3. The van der Waals surface area contributed by atoms with Gasteiger partial charge in [-0.1, -0.05) is 55.4 Å². The van der Waals surface area contributed by atoms with Crippen LogP contribution in [0, 0.1) is 0 Å². The summed E-state index contributed by atoms with van der Waals surface area (Å²) in [4.78, 5) is 37.5. The number of carbonyl (C=O) groups is 1. The Labute approximate surface area is 221 Å². The molecule has 1 aromatic heterocycles. The highest BCUT2D eigenvalue weighted by atomic mass is 28.5. The molecule has 0 bridgehead atoms. The van der Waals surface area contributed by atoms with Crippen molar-refractivity contribution in [1.29, 1.82) is 0 Å². The van der Waals surface area contributed by atoms with Gasteiger partial charge in [-0.3, -0.25) is 14.2 Å². The van der Waals surface area contributed by atoms with Crippen molar-refractivity contribution >= 4 is 23.1 Å². The normalized spacial score (nSPS) is 27.1. The molecule has 37 heavy (non-hydrogen) atoms. The number of nitrogens with zero attached hydrogens (tertiary/aromatic N) is 2. The Bertz CT molecular complexity index is 1100. The highest BCUT2D eigenvalue weighted by Gasteiger charge is 2.65. The van der Waals surface area contributed by atoms with Gasteiger partial charge in [-0.15, -0.1) is 0 Å². The third kappa shape index (κ3) is 5.20. The first-order chi connectivity index (χ1) is 17.1. The second-order valence-electron chi connectivity index (χ2n) is 11.6. The fraction of sp³-hybridized carbons (Fsp3) is 0.800. The smallest absolute Gasteiger partial charge is 0.335 e. The van der Waals surface area contributed by atoms with Gasteiger partial charge in [0.15, 0.2) is 0 Å². The van der Waals surface area contributed by atoms with Crippen molar-refractivity contribution in [1.82, 2.24) is 9.13 Å². The molecule has 4 atom stereocenters. The van der Waals surface area contributed by atoms with E-state index in [0.29, 0.717) is 5.56 Å². The molecule has 2 aliphatic rings. The summed E-state index contributed by atoms with van der Waals surface area (Å²) in [5.74, 6) is -0.434. The summed E-state index contributed by atoms with van der Waals surface area (Å²) in [6.07, 6.45) is -1.27. The summed E-state index contributed by atoms with van der Waals surface area (Å²) in [6.45, 7) is 18.3. The van der Waals surface area contributed by atoms with Gasteiger partial charge < -0.3 is 27.0 Å². The first kappa shape index (κ1) is 30.0. The predicted octanol–water partition coefficient (Wildman–Crippen LogP) is 3.41. The van der Waals surface area contributed by atoms with E-state index in [1.54, 1.807) is 7.05 Å². The van der Waals surface area contributed by atoms with Crippen molar-refractivity contribution < 1.29 is 27.2 Å². The first-order valence-electron chi connectivity index (χ1n) is 13.2. The third-order valence-corrected chi connectivity index (χ3v) is 18.0. The minimum Gasteiger partial charge on any atom is -0.463 e. The summed E-state index contributed by atoms with van der Waals surface area (Å²) >= 11 is 0. The molecule has 2 fully saturated rings. The molecule has 2 saturated heterocycles. The highest BCUT2D eigenvalue weighted by molar-refractivity contribution is 6.84. The first-order valence-corrected chi connectivity index (χ1v) is 17.1. The van der Waals surface area contributed by atoms with E-state index in [1.807, 2.05) is 0 Å². The van der Waals surface area contributed by atoms with Crippen molar-refractivity contribution in [3.63, 3.8) is 0 Å². The van der Waals surface area contributed by atoms with Crippen LogP contribution < -0.4 is 11.2 Å². The molecule has 210 valence electrons. The zero-order chi connectivity index (χ0) is 28.0. The van der Waals surface area contributed by atoms with Crippen LogP contribution in [-0.4, -0.2) is 57.1 Å². The van der Waals surface area contributed by atoms with Gasteiger partial charge in [-0.2, -0.15) is 0 Å². The summed E-state index contributed by atoms with van der Waals surface area (Å²) < 4.78 is 35.7. The van der Waals surface area contributed by atoms with Crippen LogP contribution in [0.25, 0.3) is 0 Å². The molecule has 0 saturated carbocycles. The van der Waals surface area contributed by atoms with Crippen LogP contribution in [0.1, 0.15) is 74.0 Å². The van der Waals surface area contributed by atoms with Gasteiger partial charge >= 0.3 is 28.8 Å². The van der Waals surface area contributed by atoms with Gasteiger partial charge in [0.2, 0.25) is 0 Å². The van der Waals surface area contributed by atoms with E-state index in [9.17, 15) is 14.4 Å². The molecule has 12 heteroatoms. The van der Waals surface area contributed by atoms with Gasteiger partial charge in [0.1, 0.15) is 31.0 Å². The summed E-state index contributed by atoms with van der Waals surface area (Å²) in [7, 11) is -2.86. The van der Waals surface area contributed by atoms with Crippen molar-refractivity contribution in [2.45, 2.75) is 109 Å². The Kier molecular flexibility index (Phi) is 8.82. The summed E-state index contributed by atoms with van der Waals surface area (Å²) in [5.41, 5.74) is -0.180. The zero-order valence-electron chi connectivity index (χ0n) is 24.1. The largest absolute Gasteiger partial charge is 0.463 e. The average molecular weight is 557 g/mol. The van der Waals surface area contributed by atoms with Crippen LogP contribution in [0.15, 0.2) is 15.8 Å². The van der Waals surface area contributed by atoms with Crippen LogP contribution in [0.2, 0.25) is 22.2 Å². The lowest BCUT2D eigenvalue weighted by Crippen LogP contribution is -2.60. The number of carbonyl (C=O) groups excluding carboxylic acids is 1. The molecule has 0 unspecified atom stereocenters. The topological polar surface area (TPSA) is 107 Å². The van der Waals surface area contributed by atoms with Crippen LogP contribution in [0.3, 0.4) is 0 Å². The van der Waals surface area contributed by atoms with E-state index in [2.05, 4.69) is 55.4 Å². The van der Waals surface area contributed by atoms with Crippen LogP contribution in [0.5, 0.6) is 0 Å². The molecule has 10 nitrogen and oxygen atoms in total. The second-order valence-corrected chi connectivity index (χ2v) is 20.4. The standard InChI is InChI=1S/C25H44N2O8Si2/c1-14(2)36(15(3)4)33-22-20(13-31-18(9)28)32-21(19-12-26(10)25(30)27(11)24(19)29)23(22)34-37(35-36,16(5)6)17(7)8/h12,14-17,20-23H,13H2,1-11H3/t20-,21+,22-,23+/m1/s1. The maximum Gasteiger partial charge on any atom is 0.335 e. The molecule has 0 aromatic carbocycles. The number of ether oxygens (including phenoxy) is 2. The zero-order valence-corrected chi connectivity index (χ0v) is 26.1. The molecular formula is C25H44N2O8Si2. The Morgan fingerprint density at radius 3 is 1.86 bits per heavy atom.